The van der Waals surface area contributed by atoms with Crippen LogP contribution < -0.4 is 10.6 Å². The Morgan fingerprint density at radius 1 is 1.21 bits per heavy atom. The molecule has 1 heterocycles. The van der Waals surface area contributed by atoms with Gasteiger partial charge >= 0.3 is 0 Å². The Hall–Kier alpha value is -2.34. The first-order chi connectivity index (χ1) is 11.5. The molecule has 0 spiro atoms. The van der Waals surface area contributed by atoms with Crippen LogP contribution in [0.15, 0.2) is 47.7 Å². The normalized spacial score (nSPS) is 12.2. The van der Waals surface area contributed by atoms with Gasteiger partial charge in [0.05, 0.1) is 18.3 Å². The van der Waals surface area contributed by atoms with Crippen LogP contribution in [0.4, 0.5) is 0 Å². The summed E-state index contributed by atoms with van der Waals surface area (Å²) in [7, 11) is 3.47. The molecule has 0 bridgehead atoms. The number of rotatable bonds is 7. The number of methoxy groups -OCH3 is 1. The van der Waals surface area contributed by atoms with Gasteiger partial charge in [-0.2, -0.15) is 5.10 Å². The summed E-state index contributed by atoms with van der Waals surface area (Å²) in [5, 5.41) is 11.0. The molecule has 0 saturated carbocycles. The zero-order valence-corrected chi connectivity index (χ0v) is 14.9. The molecule has 0 saturated heterocycles. The van der Waals surface area contributed by atoms with Crippen LogP contribution in [-0.4, -0.2) is 42.0 Å². The fourth-order valence-corrected chi connectivity index (χ4v) is 2.13. The van der Waals surface area contributed by atoms with Crippen LogP contribution in [0.2, 0.25) is 0 Å². The summed E-state index contributed by atoms with van der Waals surface area (Å²) in [6.45, 7) is 6.18. The summed E-state index contributed by atoms with van der Waals surface area (Å²) in [5.74, 6) is 0.746. The van der Waals surface area contributed by atoms with Gasteiger partial charge in [-0.25, -0.2) is 0 Å². The summed E-state index contributed by atoms with van der Waals surface area (Å²) >= 11 is 0. The van der Waals surface area contributed by atoms with Crippen LogP contribution in [0.25, 0.3) is 0 Å². The highest BCUT2D eigenvalue weighted by atomic mass is 16.5. The average molecular weight is 329 g/mol. The van der Waals surface area contributed by atoms with E-state index in [1.165, 1.54) is 5.56 Å². The van der Waals surface area contributed by atoms with Gasteiger partial charge in [0.1, 0.15) is 0 Å². The summed E-state index contributed by atoms with van der Waals surface area (Å²) in [6.07, 6.45) is 3.93. The summed E-state index contributed by atoms with van der Waals surface area (Å²) < 4.78 is 7.34. The molecule has 1 aromatic heterocycles. The van der Waals surface area contributed by atoms with Gasteiger partial charge in [-0.1, -0.05) is 30.3 Å². The minimum absolute atomic E-state index is 0.238. The standard InChI is InChI=1S/C18H27N5O/c1-18(2,24-4)14-21-17(19-3)20-10-16-11-22-23(13-16)12-15-8-6-5-7-9-15/h5-9,11,13H,10,12,14H2,1-4H3,(H2,19,20,21). The maximum Gasteiger partial charge on any atom is 0.191 e. The van der Waals surface area contributed by atoms with E-state index in [1.807, 2.05) is 49.1 Å². The van der Waals surface area contributed by atoms with Crippen molar-refractivity contribution in [2.75, 3.05) is 20.7 Å². The van der Waals surface area contributed by atoms with Gasteiger partial charge in [0.25, 0.3) is 0 Å². The zero-order valence-electron chi connectivity index (χ0n) is 14.9. The highest BCUT2D eigenvalue weighted by Gasteiger charge is 2.16. The Morgan fingerprint density at radius 2 is 1.96 bits per heavy atom. The van der Waals surface area contributed by atoms with E-state index in [0.717, 1.165) is 18.1 Å². The second kappa shape index (κ2) is 8.49. The van der Waals surface area contributed by atoms with Gasteiger partial charge in [-0.15, -0.1) is 0 Å². The monoisotopic (exact) mass is 329 g/mol. The van der Waals surface area contributed by atoms with Gasteiger partial charge in [-0.05, 0) is 19.4 Å². The van der Waals surface area contributed by atoms with Crippen molar-refractivity contribution < 1.29 is 4.74 Å². The minimum atomic E-state index is -0.238. The number of ether oxygens (including phenoxy) is 1. The molecule has 0 unspecified atom stereocenters. The molecule has 0 fully saturated rings. The first-order valence-corrected chi connectivity index (χ1v) is 8.07. The van der Waals surface area contributed by atoms with E-state index >= 15 is 0 Å². The quantitative estimate of drug-likeness (QED) is 0.603. The van der Waals surface area contributed by atoms with Crippen molar-refractivity contribution in [2.24, 2.45) is 4.99 Å². The Morgan fingerprint density at radius 3 is 2.62 bits per heavy atom. The zero-order chi connectivity index (χ0) is 17.4. The molecule has 0 atom stereocenters. The molecule has 0 aliphatic carbocycles. The largest absolute Gasteiger partial charge is 0.377 e. The molecule has 6 heteroatoms. The van der Waals surface area contributed by atoms with Crippen LogP contribution in [0.3, 0.4) is 0 Å². The lowest BCUT2D eigenvalue weighted by Gasteiger charge is -2.24. The fraction of sp³-hybridized carbons (Fsp3) is 0.444. The van der Waals surface area contributed by atoms with Crippen molar-refractivity contribution in [3.63, 3.8) is 0 Å². The number of hydrogen-bond donors (Lipinski definition) is 2. The molecule has 1 aromatic carbocycles. The third kappa shape index (κ3) is 5.70. The summed E-state index contributed by atoms with van der Waals surface area (Å²) in [4.78, 5) is 4.23. The SMILES string of the molecule is CN=C(NCc1cnn(Cc2ccccc2)c1)NCC(C)(C)OC. The number of hydrogen-bond acceptors (Lipinski definition) is 3. The van der Waals surface area contributed by atoms with E-state index in [1.54, 1.807) is 14.2 Å². The Kier molecular flexibility index (Phi) is 6.37. The maximum absolute atomic E-state index is 5.40. The molecule has 0 aliphatic heterocycles. The van der Waals surface area contributed by atoms with E-state index in [-0.39, 0.29) is 5.60 Å². The smallest absolute Gasteiger partial charge is 0.191 e. The second-order valence-corrected chi connectivity index (χ2v) is 6.27. The topological polar surface area (TPSA) is 63.5 Å². The van der Waals surface area contributed by atoms with Gasteiger partial charge in [0.2, 0.25) is 0 Å². The Labute approximate surface area is 143 Å². The van der Waals surface area contributed by atoms with Crippen molar-refractivity contribution in [1.29, 1.82) is 0 Å². The Bertz CT molecular complexity index is 648. The molecule has 2 N–H and O–H groups in total. The molecule has 2 rings (SSSR count). The molecule has 2 aromatic rings. The average Bonchev–Trinajstić information content (AvgIpc) is 3.03. The second-order valence-electron chi connectivity index (χ2n) is 6.27. The van der Waals surface area contributed by atoms with E-state index in [2.05, 4.69) is 32.9 Å². The van der Waals surface area contributed by atoms with Gasteiger partial charge in [0, 0.05) is 39.0 Å². The maximum atomic E-state index is 5.40. The van der Waals surface area contributed by atoms with E-state index in [9.17, 15) is 0 Å². The van der Waals surface area contributed by atoms with Gasteiger partial charge in [0.15, 0.2) is 5.96 Å². The van der Waals surface area contributed by atoms with E-state index in [0.29, 0.717) is 13.1 Å². The van der Waals surface area contributed by atoms with Crippen LogP contribution in [0.5, 0.6) is 0 Å². The van der Waals surface area contributed by atoms with Crippen molar-refractivity contribution in [3.8, 4) is 0 Å². The molecule has 130 valence electrons. The van der Waals surface area contributed by atoms with Crippen molar-refractivity contribution in [2.45, 2.75) is 32.5 Å². The van der Waals surface area contributed by atoms with Crippen molar-refractivity contribution in [3.05, 3.63) is 53.9 Å². The van der Waals surface area contributed by atoms with Crippen LogP contribution in [0, 0.1) is 0 Å². The van der Waals surface area contributed by atoms with Crippen LogP contribution in [-0.2, 0) is 17.8 Å². The fourth-order valence-electron chi connectivity index (χ4n) is 2.13. The number of nitrogens with one attached hydrogen (secondary N) is 2. The number of guanidine groups is 1. The summed E-state index contributed by atoms with van der Waals surface area (Å²) in [6, 6.07) is 10.3. The minimum Gasteiger partial charge on any atom is -0.377 e. The molecule has 6 nitrogen and oxygen atoms in total. The van der Waals surface area contributed by atoms with Crippen molar-refractivity contribution in [1.82, 2.24) is 20.4 Å². The molecule has 0 aliphatic rings. The predicted octanol–water partition coefficient (Wildman–Crippen LogP) is 2.02. The van der Waals surface area contributed by atoms with Gasteiger partial charge < -0.3 is 15.4 Å². The predicted molar refractivity (Wildman–Crippen MR) is 97.1 cm³/mol. The lowest BCUT2D eigenvalue weighted by molar-refractivity contribution is 0.0268. The third-order valence-corrected chi connectivity index (χ3v) is 3.79. The molecule has 0 radical (unpaired) electrons. The molecular formula is C18H27N5O. The first-order valence-electron chi connectivity index (χ1n) is 8.07. The highest BCUT2D eigenvalue weighted by Crippen LogP contribution is 2.05. The van der Waals surface area contributed by atoms with Crippen molar-refractivity contribution >= 4 is 5.96 Å². The highest BCUT2D eigenvalue weighted by molar-refractivity contribution is 5.79. The molecule has 24 heavy (non-hydrogen) atoms. The third-order valence-electron chi connectivity index (χ3n) is 3.79. The van der Waals surface area contributed by atoms with Gasteiger partial charge in [-0.3, -0.25) is 9.67 Å². The van der Waals surface area contributed by atoms with Crippen LogP contribution >= 0.6 is 0 Å². The summed E-state index contributed by atoms with van der Waals surface area (Å²) in [5.41, 5.74) is 2.11. The molecular weight excluding hydrogens is 302 g/mol. The number of nitrogens with zero attached hydrogens (tertiary/aromatic N) is 3. The van der Waals surface area contributed by atoms with E-state index in [4.69, 9.17) is 4.74 Å². The first kappa shape index (κ1) is 18.0. The van der Waals surface area contributed by atoms with E-state index < -0.39 is 0 Å². The van der Waals surface area contributed by atoms with Crippen LogP contribution in [0.1, 0.15) is 25.0 Å². The number of benzene rings is 1. The molecule has 0 amide bonds. The Balaban J connectivity index is 1.83. The number of aromatic nitrogens is 2. The lowest BCUT2D eigenvalue weighted by atomic mass is 10.1. The number of aliphatic imine (C=N–C) groups is 1. The lowest BCUT2D eigenvalue weighted by Crippen LogP contribution is -2.45.